The molecule has 5 heteroatoms. The summed E-state index contributed by atoms with van der Waals surface area (Å²) in [6.07, 6.45) is 1.08. The van der Waals surface area contributed by atoms with E-state index in [1.165, 1.54) is 0 Å². The van der Waals surface area contributed by atoms with Crippen molar-refractivity contribution in [3.8, 4) is 0 Å². The first-order chi connectivity index (χ1) is 4.31. The SMILES string of the molecule is C=NPCC(I)CNN. The van der Waals surface area contributed by atoms with Crippen molar-refractivity contribution in [1.82, 2.24) is 5.43 Å². The molecule has 0 spiro atoms. The Kier molecular flexibility index (Phi) is 7.44. The molecule has 0 aliphatic heterocycles. The Labute approximate surface area is 70.8 Å². The molecule has 0 aromatic rings. The van der Waals surface area contributed by atoms with Gasteiger partial charge in [-0.05, 0) is 12.9 Å². The van der Waals surface area contributed by atoms with E-state index in [1.54, 1.807) is 0 Å². The molecule has 0 aromatic heterocycles. The van der Waals surface area contributed by atoms with E-state index in [0.29, 0.717) is 12.7 Å². The average Bonchev–Trinajstić information content (AvgIpc) is 1.85. The largest absolute Gasteiger partial charge is 0.281 e. The van der Waals surface area contributed by atoms with Crippen LogP contribution < -0.4 is 11.3 Å². The van der Waals surface area contributed by atoms with Crippen molar-refractivity contribution in [1.29, 1.82) is 0 Å². The van der Waals surface area contributed by atoms with Crippen LogP contribution in [-0.4, -0.2) is 23.3 Å². The highest BCUT2D eigenvalue weighted by molar-refractivity contribution is 14.1. The van der Waals surface area contributed by atoms with E-state index in [2.05, 4.69) is 39.5 Å². The van der Waals surface area contributed by atoms with Crippen LogP contribution in [0, 0.1) is 0 Å². The van der Waals surface area contributed by atoms with Gasteiger partial charge in [0.05, 0.1) is 0 Å². The zero-order chi connectivity index (χ0) is 7.11. The maximum absolute atomic E-state index is 5.10. The molecule has 3 N–H and O–H groups in total. The van der Waals surface area contributed by atoms with Crippen molar-refractivity contribution in [3.63, 3.8) is 0 Å². The molecule has 0 aliphatic carbocycles. The predicted molar refractivity (Wildman–Crippen MR) is 52.7 cm³/mol. The van der Waals surface area contributed by atoms with Crippen LogP contribution in [0.3, 0.4) is 0 Å². The minimum absolute atomic E-state index is 0.580. The number of alkyl halides is 1. The van der Waals surface area contributed by atoms with Crippen LogP contribution in [0.2, 0.25) is 0 Å². The fourth-order valence-electron chi connectivity index (χ4n) is 0.364. The Morgan fingerprint density at radius 1 is 1.89 bits per heavy atom. The summed E-state index contributed by atoms with van der Waals surface area (Å²) in [7, 11) is 0.616. The number of nitrogens with zero attached hydrogens (tertiary/aromatic N) is 1. The molecule has 2 atom stereocenters. The second-order valence-corrected chi connectivity index (χ2v) is 4.33. The Morgan fingerprint density at radius 3 is 3.00 bits per heavy atom. The average molecular weight is 259 g/mol. The molecule has 0 aromatic carbocycles. The van der Waals surface area contributed by atoms with Gasteiger partial charge in [-0.15, -0.1) is 0 Å². The van der Waals surface area contributed by atoms with Gasteiger partial charge in [0.15, 0.2) is 0 Å². The Morgan fingerprint density at radius 2 is 2.56 bits per heavy atom. The van der Waals surface area contributed by atoms with E-state index in [9.17, 15) is 0 Å². The van der Waals surface area contributed by atoms with Crippen LogP contribution >= 0.6 is 31.3 Å². The van der Waals surface area contributed by atoms with Crippen molar-refractivity contribution < 1.29 is 0 Å². The molecule has 2 unspecified atom stereocenters. The van der Waals surface area contributed by atoms with Gasteiger partial charge in [0, 0.05) is 19.2 Å². The standard InChI is InChI=1S/C4H11IN3P/c1-7-9-3-4(5)2-8-6/h4,8-9H,1-3,6H2. The number of rotatable bonds is 5. The second kappa shape index (κ2) is 6.86. The molecule has 0 aliphatic rings. The number of hydrogen-bond donors (Lipinski definition) is 2. The van der Waals surface area contributed by atoms with Crippen molar-refractivity contribution >= 4 is 38.0 Å². The Hall–Kier alpha value is 0.750. The van der Waals surface area contributed by atoms with Crippen LogP contribution in [-0.2, 0) is 0 Å². The minimum Gasteiger partial charge on any atom is -0.281 e. The number of nitrogens with two attached hydrogens (primary N) is 1. The topological polar surface area (TPSA) is 50.4 Å². The normalized spacial score (nSPS) is 14.4. The van der Waals surface area contributed by atoms with Gasteiger partial charge in [0.25, 0.3) is 0 Å². The molecule has 0 saturated carbocycles. The third-order valence-corrected chi connectivity index (χ3v) is 3.37. The van der Waals surface area contributed by atoms with Gasteiger partial charge >= 0.3 is 0 Å². The van der Waals surface area contributed by atoms with Gasteiger partial charge in [-0.1, -0.05) is 22.6 Å². The van der Waals surface area contributed by atoms with E-state index in [-0.39, 0.29) is 0 Å². The first kappa shape index (κ1) is 9.75. The smallest absolute Gasteiger partial charge is 0.0302 e. The second-order valence-electron chi connectivity index (χ2n) is 1.53. The Balaban J connectivity index is 3.04. The first-order valence-corrected chi connectivity index (χ1v) is 4.97. The lowest BCUT2D eigenvalue weighted by molar-refractivity contribution is 0.739. The molecule has 0 saturated heterocycles. The van der Waals surface area contributed by atoms with Crippen molar-refractivity contribution in [2.75, 3.05) is 12.7 Å². The third-order valence-electron chi connectivity index (χ3n) is 0.764. The Bertz CT molecular complexity index is 80.2. The van der Waals surface area contributed by atoms with Crippen molar-refractivity contribution in [3.05, 3.63) is 0 Å². The summed E-state index contributed by atoms with van der Waals surface area (Å²) in [5.74, 6) is 5.10. The molecule has 0 fully saturated rings. The summed E-state index contributed by atoms with van der Waals surface area (Å²) in [6.45, 7) is 4.25. The summed E-state index contributed by atoms with van der Waals surface area (Å²) in [5.41, 5.74) is 2.61. The van der Waals surface area contributed by atoms with E-state index in [1.807, 2.05) is 0 Å². The zero-order valence-corrected chi connectivity index (χ0v) is 8.26. The van der Waals surface area contributed by atoms with Gasteiger partial charge < -0.3 is 0 Å². The molecule has 54 valence electrons. The summed E-state index contributed by atoms with van der Waals surface area (Å²) >= 11 is 2.34. The lowest BCUT2D eigenvalue weighted by atomic mass is 10.5. The van der Waals surface area contributed by atoms with Gasteiger partial charge in [-0.25, -0.2) is 0 Å². The highest BCUT2D eigenvalue weighted by atomic mass is 127. The van der Waals surface area contributed by atoms with Crippen LogP contribution in [0.25, 0.3) is 0 Å². The number of halogens is 1. The van der Waals surface area contributed by atoms with Crippen molar-refractivity contribution in [2.24, 2.45) is 10.6 Å². The lowest BCUT2D eigenvalue weighted by Crippen LogP contribution is -2.29. The molecular weight excluding hydrogens is 248 g/mol. The number of hydrogen-bond acceptors (Lipinski definition) is 3. The highest BCUT2D eigenvalue weighted by Crippen LogP contribution is 2.15. The van der Waals surface area contributed by atoms with Crippen LogP contribution in [0.15, 0.2) is 4.76 Å². The maximum Gasteiger partial charge on any atom is 0.0302 e. The molecule has 3 nitrogen and oxygen atoms in total. The van der Waals surface area contributed by atoms with E-state index < -0.39 is 0 Å². The number of nitrogens with one attached hydrogen (secondary N) is 1. The molecule has 0 radical (unpaired) electrons. The lowest BCUT2D eigenvalue weighted by Gasteiger charge is -2.04. The maximum atomic E-state index is 5.10. The van der Waals surface area contributed by atoms with E-state index >= 15 is 0 Å². The van der Waals surface area contributed by atoms with E-state index in [4.69, 9.17) is 5.84 Å². The zero-order valence-electron chi connectivity index (χ0n) is 5.10. The van der Waals surface area contributed by atoms with Gasteiger partial charge in [0.2, 0.25) is 0 Å². The first-order valence-electron chi connectivity index (χ1n) is 2.57. The van der Waals surface area contributed by atoms with E-state index in [0.717, 1.165) is 12.7 Å². The molecule has 0 bridgehead atoms. The highest BCUT2D eigenvalue weighted by Gasteiger charge is 1.99. The fourth-order valence-corrected chi connectivity index (χ4v) is 1.68. The van der Waals surface area contributed by atoms with Crippen LogP contribution in [0.1, 0.15) is 0 Å². The molecular formula is C4H11IN3P. The summed E-state index contributed by atoms with van der Waals surface area (Å²) in [6, 6.07) is 0. The molecule has 0 heterocycles. The van der Waals surface area contributed by atoms with Gasteiger partial charge in [-0.2, -0.15) is 0 Å². The van der Waals surface area contributed by atoms with Crippen LogP contribution in [0.4, 0.5) is 0 Å². The van der Waals surface area contributed by atoms with Crippen molar-refractivity contribution in [2.45, 2.75) is 3.92 Å². The summed E-state index contributed by atoms with van der Waals surface area (Å²) in [4.78, 5) is 0. The van der Waals surface area contributed by atoms with Gasteiger partial charge in [0.1, 0.15) is 0 Å². The predicted octanol–water partition coefficient (Wildman–Crippen LogP) is 0.547. The van der Waals surface area contributed by atoms with Gasteiger partial charge in [-0.3, -0.25) is 16.0 Å². The molecule has 9 heavy (non-hydrogen) atoms. The summed E-state index contributed by atoms with van der Waals surface area (Å²) < 4.78 is 4.34. The minimum atomic E-state index is 0.580. The monoisotopic (exact) mass is 259 g/mol. The third kappa shape index (κ3) is 6.64. The number of hydrazine groups is 1. The fraction of sp³-hybridized carbons (Fsp3) is 0.750. The summed E-state index contributed by atoms with van der Waals surface area (Å²) in [5, 5.41) is 0. The van der Waals surface area contributed by atoms with Crippen LogP contribution in [0.5, 0.6) is 0 Å². The molecule has 0 amide bonds. The quantitative estimate of drug-likeness (QED) is 0.189. The molecule has 0 rings (SSSR count).